The third-order valence-corrected chi connectivity index (χ3v) is 4.07. The van der Waals surface area contributed by atoms with E-state index in [9.17, 15) is 0 Å². The maximum atomic E-state index is 4.72. The van der Waals surface area contributed by atoms with E-state index < -0.39 is 0 Å². The maximum Gasteiger partial charge on any atom is 0.180 e. The highest BCUT2D eigenvalue weighted by Gasteiger charge is 2.15. The van der Waals surface area contributed by atoms with Crippen molar-refractivity contribution in [1.82, 2.24) is 15.0 Å². The summed E-state index contributed by atoms with van der Waals surface area (Å²) in [7, 11) is 0. The predicted molar refractivity (Wildman–Crippen MR) is 90.5 cm³/mol. The fraction of sp³-hybridized carbons (Fsp3) is 0.438. The van der Waals surface area contributed by atoms with Gasteiger partial charge < -0.3 is 5.32 Å². The molecule has 0 bridgehead atoms. The van der Waals surface area contributed by atoms with Gasteiger partial charge in [0.1, 0.15) is 11.5 Å². The number of aryl methyl sites for hydroxylation is 2. The quantitative estimate of drug-likeness (QED) is 0.847. The highest BCUT2D eigenvalue weighted by molar-refractivity contribution is 9.10. The molecular formula is C16H21BrN4. The molecular weight excluding hydrogens is 328 g/mol. The second-order valence-electron chi connectivity index (χ2n) is 4.80. The van der Waals surface area contributed by atoms with Gasteiger partial charge in [-0.05, 0) is 47.3 Å². The normalized spacial score (nSPS) is 10.7. The van der Waals surface area contributed by atoms with E-state index >= 15 is 0 Å². The Morgan fingerprint density at radius 1 is 1.19 bits per heavy atom. The van der Waals surface area contributed by atoms with Gasteiger partial charge in [0, 0.05) is 12.7 Å². The van der Waals surface area contributed by atoms with Crippen LogP contribution in [0.2, 0.25) is 0 Å². The van der Waals surface area contributed by atoms with Crippen LogP contribution in [0.1, 0.15) is 38.4 Å². The van der Waals surface area contributed by atoms with Gasteiger partial charge in [0.15, 0.2) is 5.82 Å². The van der Waals surface area contributed by atoms with Gasteiger partial charge in [-0.2, -0.15) is 0 Å². The van der Waals surface area contributed by atoms with E-state index in [1.165, 1.54) is 5.56 Å². The summed E-state index contributed by atoms with van der Waals surface area (Å²) in [4.78, 5) is 13.9. The third kappa shape index (κ3) is 3.59. The Morgan fingerprint density at radius 2 is 2.00 bits per heavy atom. The highest BCUT2D eigenvalue weighted by atomic mass is 79.9. The fourth-order valence-corrected chi connectivity index (χ4v) is 2.73. The number of aromatic nitrogens is 3. The van der Waals surface area contributed by atoms with E-state index in [0.29, 0.717) is 5.82 Å². The van der Waals surface area contributed by atoms with Crippen LogP contribution >= 0.6 is 15.9 Å². The number of hydrogen-bond donors (Lipinski definition) is 1. The Balaban J connectivity index is 2.57. The molecule has 0 aromatic carbocycles. The first-order valence-electron chi connectivity index (χ1n) is 7.45. The molecule has 2 rings (SSSR count). The summed E-state index contributed by atoms with van der Waals surface area (Å²) in [5, 5.41) is 3.30. The Bertz CT molecular complexity index is 586. The number of halogens is 1. The van der Waals surface area contributed by atoms with Gasteiger partial charge >= 0.3 is 0 Å². The van der Waals surface area contributed by atoms with Crippen molar-refractivity contribution in [2.75, 3.05) is 11.9 Å². The lowest BCUT2D eigenvalue weighted by Crippen LogP contribution is -2.07. The van der Waals surface area contributed by atoms with Crippen LogP contribution < -0.4 is 5.32 Å². The summed E-state index contributed by atoms with van der Waals surface area (Å²) < 4.78 is 0.962. The smallest absolute Gasteiger partial charge is 0.180 e. The molecule has 2 aromatic heterocycles. The van der Waals surface area contributed by atoms with Crippen molar-refractivity contribution >= 4 is 21.7 Å². The molecule has 5 heteroatoms. The van der Waals surface area contributed by atoms with Crippen LogP contribution in [0, 0.1) is 0 Å². The molecule has 0 aliphatic rings. The summed E-state index contributed by atoms with van der Waals surface area (Å²) in [5.41, 5.74) is 3.08. The number of rotatable bonds is 6. The summed E-state index contributed by atoms with van der Waals surface area (Å²) in [5.74, 6) is 1.55. The van der Waals surface area contributed by atoms with Crippen LogP contribution in [-0.4, -0.2) is 21.5 Å². The molecule has 0 spiro atoms. The molecule has 0 atom stereocenters. The second-order valence-corrected chi connectivity index (χ2v) is 5.59. The lowest BCUT2D eigenvalue weighted by Gasteiger charge is -2.13. The lowest BCUT2D eigenvalue weighted by atomic mass is 10.1. The number of anilines is 1. The van der Waals surface area contributed by atoms with Crippen molar-refractivity contribution in [2.24, 2.45) is 0 Å². The van der Waals surface area contributed by atoms with Crippen LogP contribution in [0.3, 0.4) is 0 Å². The SMILES string of the molecule is CCCc1nc(-c2ncccc2CC)nc(NCC)c1Br. The summed E-state index contributed by atoms with van der Waals surface area (Å²) in [6.07, 6.45) is 4.68. The first kappa shape index (κ1) is 15.9. The van der Waals surface area contributed by atoms with Crippen molar-refractivity contribution in [1.29, 1.82) is 0 Å². The van der Waals surface area contributed by atoms with Gasteiger partial charge in [-0.1, -0.05) is 26.3 Å². The van der Waals surface area contributed by atoms with E-state index in [0.717, 1.165) is 47.5 Å². The minimum Gasteiger partial charge on any atom is -0.369 e. The number of pyridine rings is 1. The van der Waals surface area contributed by atoms with Crippen molar-refractivity contribution in [2.45, 2.75) is 40.0 Å². The summed E-state index contributed by atoms with van der Waals surface area (Å²) >= 11 is 3.62. The van der Waals surface area contributed by atoms with Gasteiger partial charge in [-0.25, -0.2) is 9.97 Å². The van der Waals surface area contributed by atoms with Crippen LogP contribution in [0.15, 0.2) is 22.8 Å². The standard InChI is InChI=1S/C16H21BrN4/c1-4-8-12-13(17)15(18-6-3)21-16(20-12)14-11(5-2)9-7-10-19-14/h7,9-10H,4-6,8H2,1-3H3,(H,18,20,21). The van der Waals surface area contributed by atoms with E-state index in [1.54, 1.807) is 6.20 Å². The monoisotopic (exact) mass is 348 g/mol. The molecule has 0 unspecified atom stereocenters. The zero-order chi connectivity index (χ0) is 15.2. The number of nitrogens with zero attached hydrogens (tertiary/aromatic N) is 3. The molecule has 0 saturated carbocycles. The maximum absolute atomic E-state index is 4.72. The molecule has 21 heavy (non-hydrogen) atoms. The van der Waals surface area contributed by atoms with Gasteiger partial charge in [0.25, 0.3) is 0 Å². The largest absolute Gasteiger partial charge is 0.369 e. The van der Waals surface area contributed by atoms with E-state index in [-0.39, 0.29) is 0 Å². The topological polar surface area (TPSA) is 50.7 Å². The van der Waals surface area contributed by atoms with Crippen molar-refractivity contribution in [3.05, 3.63) is 34.1 Å². The Labute approximate surface area is 134 Å². The van der Waals surface area contributed by atoms with E-state index in [4.69, 9.17) is 4.98 Å². The highest BCUT2D eigenvalue weighted by Crippen LogP contribution is 2.28. The minimum atomic E-state index is 0.704. The Hall–Kier alpha value is -1.49. The van der Waals surface area contributed by atoms with Gasteiger partial charge in [0.2, 0.25) is 0 Å². The molecule has 2 aromatic rings. The van der Waals surface area contributed by atoms with Crippen LogP contribution in [0.4, 0.5) is 5.82 Å². The third-order valence-electron chi connectivity index (χ3n) is 3.23. The van der Waals surface area contributed by atoms with Gasteiger partial charge in [-0.15, -0.1) is 0 Å². The molecule has 0 aliphatic carbocycles. The van der Waals surface area contributed by atoms with Gasteiger partial charge in [-0.3, -0.25) is 4.98 Å². The first-order valence-corrected chi connectivity index (χ1v) is 8.25. The minimum absolute atomic E-state index is 0.704. The van der Waals surface area contributed by atoms with Crippen LogP contribution in [0.5, 0.6) is 0 Å². The summed E-state index contributed by atoms with van der Waals surface area (Å²) in [6, 6.07) is 4.04. The Morgan fingerprint density at radius 3 is 2.67 bits per heavy atom. The number of nitrogens with one attached hydrogen (secondary N) is 1. The first-order chi connectivity index (χ1) is 10.2. The molecule has 0 radical (unpaired) electrons. The molecule has 2 heterocycles. The average molecular weight is 349 g/mol. The van der Waals surface area contributed by atoms with E-state index in [1.807, 2.05) is 6.07 Å². The molecule has 0 amide bonds. The molecule has 0 fully saturated rings. The zero-order valence-corrected chi connectivity index (χ0v) is 14.4. The summed E-state index contributed by atoms with van der Waals surface area (Å²) in [6.45, 7) is 7.16. The van der Waals surface area contributed by atoms with Crippen molar-refractivity contribution < 1.29 is 0 Å². The Kier molecular flexibility index (Phi) is 5.67. The zero-order valence-electron chi connectivity index (χ0n) is 12.8. The lowest BCUT2D eigenvalue weighted by molar-refractivity contribution is 0.865. The van der Waals surface area contributed by atoms with Crippen LogP contribution in [-0.2, 0) is 12.8 Å². The molecule has 1 N–H and O–H groups in total. The fourth-order valence-electron chi connectivity index (χ4n) is 2.21. The van der Waals surface area contributed by atoms with Crippen molar-refractivity contribution in [3.8, 4) is 11.5 Å². The molecule has 0 aliphatic heterocycles. The van der Waals surface area contributed by atoms with Crippen LogP contribution in [0.25, 0.3) is 11.5 Å². The van der Waals surface area contributed by atoms with Gasteiger partial charge in [0.05, 0.1) is 10.2 Å². The second kappa shape index (κ2) is 7.50. The van der Waals surface area contributed by atoms with Crippen molar-refractivity contribution in [3.63, 3.8) is 0 Å². The molecule has 0 saturated heterocycles. The molecule has 112 valence electrons. The molecule has 4 nitrogen and oxygen atoms in total. The average Bonchev–Trinajstić information content (AvgIpc) is 2.51. The van der Waals surface area contributed by atoms with E-state index in [2.05, 4.69) is 58.1 Å². The number of hydrogen-bond acceptors (Lipinski definition) is 4. The predicted octanol–water partition coefficient (Wildman–Crippen LogP) is 4.25.